The van der Waals surface area contributed by atoms with Crippen molar-refractivity contribution in [2.24, 2.45) is 5.92 Å². The Balaban J connectivity index is 2.06. The Morgan fingerprint density at radius 3 is 2.18 bits per heavy atom. The standard InChI is InChI=1S/C19H22N2O/c1-14(2)19(17-8-10-18(22-3)11-9-17)21-13-16-6-4-15(12-20)5-7-16/h4-11,14,19,21H,13H2,1-3H3. The number of methoxy groups -OCH3 is 1. The van der Waals surface area contributed by atoms with Gasteiger partial charge in [0.05, 0.1) is 18.7 Å². The van der Waals surface area contributed by atoms with E-state index in [2.05, 4.69) is 37.4 Å². The van der Waals surface area contributed by atoms with Crippen molar-refractivity contribution in [3.05, 3.63) is 65.2 Å². The molecule has 114 valence electrons. The van der Waals surface area contributed by atoms with E-state index in [0.29, 0.717) is 11.5 Å². The second kappa shape index (κ2) is 7.63. The van der Waals surface area contributed by atoms with Gasteiger partial charge in [0, 0.05) is 12.6 Å². The van der Waals surface area contributed by atoms with Crippen molar-refractivity contribution in [3.63, 3.8) is 0 Å². The highest BCUT2D eigenvalue weighted by molar-refractivity contribution is 5.32. The zero-order valence-corrected chi connectivity index (χ0v) is 13.3. The molecule has 0 saturated carbocycles. The summed E-state index contributed by atoms with van der Waals surface area (Å²) in [6.07, 6.45) is 0. The van der Waals surface area contributed by atoms with Crippen molar-refractivity contribution in [1.82, 2.24) is 5.32 Å². The van der Waals surface area contributed by atoms with Crippen molar-refractivity contribution in [2.75, 3.05) is 7.11 Å². The average Bonchev–Trinajstić information content (AvgIpc) is 2.56. The lowest BCUT2D eigenvalue weighted by molar-refractivity contribution is 0.404. The van der Waals surface area contributed by atoms with Crippen molar-refractivity contribution >= 4 is 0 Å². The third kappa shape index (κ3) is 4.09. The minimum absolute atomic E-state index is 0.279. The van der Waals surface area contributed by atoms with Gasteiger partial charge in [-0.3, -0.25) is 0 Å². The first-order chi connectivity index (χ1) is 10.6. The van der Waals surface area contributed by atoms with Crippen LogP contribution in [0.4, 0.5) is 0 Å². The second-order valence-corrected chi connectivity index (χ2v) is 5.68. The maximum Gasteiger partial charge on any atom is 0.118 e. The molecule has 0 heterocycles. The van der Waals surface area contributed by atoms with E-state index < -0.39 is 0 Å². The molecule has 0 aliphatic carbocycles. The first-order valence-corrected chi connectivity index (χ1v) is 7.50. The number of hydrogen-bond donors (Lipinski definition) is 1. The summed E-state index contributed by atoms with van der Waals surface area (Å²) >= 11 is 0. The molecule has 0 bridgehead atoms. The molecule has 0 aliphatic heterocycles. The van der Waals surface area contributed by atoms with Gasteiger partial charge < -0.3 is 10.1 Å². The summed E-state index contributed by atoms with van der Waals surface area (Å²) in [5.41, 5.74) is 3.13. The van der Waals surface area contributed by atoms with Crippen molar-refractivity contribution < 1.29 is 4.74 Å². The Labute approximate surface area is 132 Å². The quantitative estimate of drug-likeness (QED) is 0.874. The highest BCUT2D eigenvalue weighted by Gasteiger charge is 2.15. The van der Waals surface area contributed by atoms with Crippen LogP contribution in [-0.2, 0) is 6.54 Å². The van der Waals surface area contributed by atoms with E-state index in [0.717, 1.165) is 12.3 Å². The lowest BCUT2D eigenvalue weighted by atomic mass is 9.95. The van der Waals surface area contributed by atoms with E-state index in [1.165, 1.54) is 11.1 Å². The molecule has 0 radical (unpaired) electrons. The van der Waals surface area contributed by atoms with Crippen LogP contribution in [0.2, 0.25) is 0 Å². The molecule has 3 nitrogen and oxygen atoms in total. The molecule has 0 amide bonds. The van der Waals surface area contributed by atoms with Crippen molar-refractivity contribution in [3.8, 4) is 11.8 Å². The van der Waals surface area contributed by atoms with Crippen LogP contribution in [0.5, 0.6) is 5.75 Å². The van der Waals surface area contributed by atoms with Crippen LogP contribution in [0.1, 0.15) is 36.6 Å². The number of nitrogens with zero attached hydrogens (tertiary/aromatic N) is 1. The molecule has 0 fully saturated rings. The van der Waals surface area contributed by atoms with Crippen LogP contribution in [0.25, 0.3) is 0 Å². The van der Waals surface area contributed by atoms with Gasteiger partial charge in [-0.2, -0.15) is 5.26 Å². The van der Waals surface area contributed by atoms with Gasteiger partial charge in [-0.15, -0.1) is 0 Å². The monoisotopic (exact) mass is 294 g/mol. The van der Waals surface area contributed by atoms with Crippen LogP contribution in [-0.4, -0.2) is 7.11 Å². The molecule has 0 aliphatic rings. The summed E-state index contributed by atoms with van der Waals surface area (Å²) in [5.74, 6) is 1.35. The van der Waals surface area contributed by atoms with E-state index in [4.69, 9.17) is 10.00 Å². The zero-order chi connectivity index (χ0) is 15.9. The maximum atomic E-state index is 8.83. The van der Waals surface area contributed by atoms with Gasteiger partial charge in [-0.25, -0.2) is 0 Å². The average molecular weight is 294 g/mol. The Kier molecular flexibility index (Phi) is 5.57. The number of benzene rings is 2. The molecule has 1 unspecified atom stereocenters. The van der Waals surface area contributed by atoms with E-state index >= 15 is 0 Å². The predicted octanol–water partition coefficient (Wildman–Crippen LogP) is 4.05. The van der Waals surface area contributed by atoms with E-state index in [1.54, 1.807) is 7.11 Å². The summed E-state index contributed by atoms with van der Waals surface area (Å²) in [6, 6.07) is 18.3. The largest absolute Gasteiger partial charge is 0.497 e. The van der Waals surface area contributed by atoms with Gasteiger partial charge in [-0.05, 0) is 41.3 Å². The SMILES string of the molecule is COc1ccc(C(NCc2ccc(C#N)cc2)C(C)C)cc1. The number of nitrogens with one attached hydrogen (secondary N) is 1. The minimum atomic E-state index is 0.279. The first-order valence-electron chi connectivity index (χ1n) is 7.50. The minimum Gasteiger partial charge on any atom is -0.497 e. The molecule has 2 aromatic rings. The topological polar surface area (TPSA) is 45.0 Å². The van der Waals surface area contributed by atoms with Gasteiger partial charge in [0.2, 0.25) is 0 Å². The van der Waals surface area contributed by atoms with E-state index in [9.17, 15) is 0 Å². The molecule has 22 heavy (non-hydrogen) atoms. The van der Waals surface area contributed by atoms with Crippen LogP contribution in [0.3, 0.4) is 0 Å². The fourth-order valence-corrected chi connectivity index (χ4v) is 2.47. The third-order valence-corrected chi connectivity index (χ3v) is 3.75. The number of ether oxygens (including phenoxy) is 1. The fourth-order valence-electron chi connectivity index (χ4n) is 2.47. The molecule has 2 rings (SSSR count). The Morgan fingerprint density at radius 2 is 1.68 bits per heavy atom. The number of rotatable bonds is 6. The van der Waals surface area contributed by atoms with Gasteiger partial charge >= 0.3 is 0 Å². The van der Waals surface area contributed by atoms with Crippen LogP contribution in [0, 0.1) is 17.2 Å². The highest BCUT2D eigenvalue weighted by Crippen LogP contribution is 2.24. The zero-order valence-electron chi connectivity index (χ0n) is 13.3. The Bertz CT molecular complexity index is 624. The van der Waals surface area contributed by atoms with E-state index in [-0.39, 0.29) is 6.04 Å². The molecule has 1 atom stereocenters. The van der Waals surface area contributed by atoms with Crippen LogP contribution in [0.15, 0.2) is 48.5 Å². The van der Waals surface area contributed by atoms with Gasteiger partial charge in [-0.1, -0.05) is 38.1 Å². The van der Waals surface area contributed by atoms with E-state index in [1.807, 2.05) is 36.4 Å². The van der Waals surface area contributed by atoms with Gasteiger partial charge in [0.25, 0.3) is 0 Å². The number of hydrogen-bond acceptors (Lipinski definition) is 3. The lowest BCUT2D eigenvalue weighted by Crippen LogP contribution is -2.25. The molecule has 0 spiro atoms. The summed E-state index contributed by atoms with van der Waals surface area (Å²) in [5, 5.41) is 12.4. The summed E-state index contributed by atoms with van der Waals surface area (Å²) in [4.78, 5) is 0. The lowest BCUT2D eigenvalue weighted by Gasteiger charge is -2.23. The summed E-state index contributed by atoms with van der Waals surface area (Å²) in [7, 11) is 1.68. The highest BCUT2D eigenvalue weighted by atomic mass is 16.5. The molecule has 3 heteroatoms. The molecule has 2 aromatic carbocycles. The Morgan fingerprint density at radius 1 is 1.05 bits per heavy atom. The molecule has 0 saturated heterocycles. The fraction of sp³-hybridized carbons (Fsp3) is 0.316. The van der Waals surface area contributed by atoms with Crippen molar-refractivity contribution in [2.45, 2.75) is 26.4 Å². The van der Waals surface area contributed by atoms with Crippen LogP contribution >= 0.6 is 0 Å². The molecular formula is C19H22N2O. The molecular weight excluding hydrogens is 272 g/mol. The third-order valence-electron chi connectivity index (χ3n) is 3.75. The predicted molar refractivity (Wildman–Crippen MR) is 88.6 cm³/mol. The van der Waals surface area contributed by atoms with Crippen molar-refractivity contribution in [1.29, 1.82) is 5.26 Å². The van der Waals surface area contributed by atoms with Crippen LogP contribution < -0.4 is 10.1 Å². The smallest absolute Gasteiger partial charge is 0.118 e. The summed E-state index contributed by atoms with van der Waals surface area (Å²) in [6.45, 7) is 5.20. The second-order valence-electron chi connectivity index (χ2n) is 5.68. The maximum absolute atomic E-state index is 8.83. The van der Waals surface area contributed by atoms with Gasteiger partial charge in [0.1, 0.15) is 5.75 Å². The Hall–Kier alpha value is -2.31. The van der Waals surface area contributed by atoms with Gasteiger partial charge in [0.15, 0.2) is 0 Å². The number of nitriles is 1. The normalized spacial score (nSPS) is 12.0. The summed E-state index contributed by atoms with van der Waals surface area (Å²) < 4.78 is 5.21. The molecule has 0 aromatic heterocycles. The molecule has 1 N–H and O–H groups in total. The first kappa shape index (κ1) is 16.1.